The van der Waals surface area contributed by atoms with E-state index in [0.29, 0.717) is 22.4 Å². The number of anilines is 2. The molecule has 0 fully saturated rings. The van der Waals surface area contributed by atoms with Gasteiger partial charge in [-0.2, -0.15) is 0 Å². The van der Waals surface area contributed by atoms with Gasteiger partial charge in [0.25, 0.3) is 5.91 Å². The minimum absolute atomic E-state index is 0.197. The van der Waals surface area contributed by atoms with Crippen LogP contribution in [0.25, 0.3) is 0 Å². The van der Waals surface area contributed by atoms with Crippen LogP contribution in [0.4, 0.5) is 10.3 Å². The first kappa shape index (κ1) is 14.2. The molecule has 0 atom stereocenters. The van der Waals surface area contributed by atoms with Crippen LogP contribution in [-0.2, 0) is 6.54 Å². The van der Waals surface area contributed by atoms with Crippen LogP contribution in [-0.4, -0.2) is 21.1 Å². The van der Waals surface area contributed by atoms with Gasteiger partial charge in [0.15, 0.2) is 0 Å². The van der Waals surface area contributed by atoms with Crippen molar-refractivity contribution < 1.29 is 4.79 Å². The van der Waals surface area contributed by atoms with Crippen LogP contribution in [0.1, 0.15) is 15.9 Å². The number of carbonyl (C=O) groups is 1. The molecule has 3 rings (SSSR count). The van der Waals surface area contributed by atoms with Crippen LogP contribution >= 0.6 is 11.3 Å². The summed E-state index contributed by atoms with van der Waals surface area (Å²) in [4.78, 5) is 16.0. The van der Waals surface area contributed by atoms with E-state index < -0.39 is 0 Å². The summed E-state index contributed by atoms with van der Waals surface area (Å²) < 4.78 is 0. The first-order chi connectivity index (χ1) is 10.8. The maximum Gasteiger partial charge on any atom is 0.257 e. The highest BCUT2D eigenvalue weighted by Crippen LogP contribution is 2.21. The molecule has 0 aliphatic heterocycles. The van der Waals surface area contributed by atoms with Gasteiger partial charge in [0, 0.05) is 24.5 Å². The molecule has 0 saturated carbocycles. The molecule has 1 aromatic carbocycles. The average Bonchev–Trinajstić information content (AvgIpc) is 3.02. The summed E-state index contributed by atoms with van der Waals surface area (Å²) in [6, 6.07) is 12.8. The van der Waals surface area contributed by atoms with Gasteiger partial charge < -0.3 is 5.32 Å². The fourth-order valence-electron chi connectivity index (χ4n) is 1.78. The molecule has 0 spiro atoms. The van der Waals surface area contributed by atoms with Gasteiger partial charge in [-0.1, -0.05) is 29.5 Å². The molecule has 0 radical (unpaired) electrons. The molecule has 1 amide bonds. The Labute approximate surface area is 131 Å². The lowest BCUT2D eigenvalue weighted by atomic mass is 10.2. The van der Waals surface area contributed by atoms with E-state index in [9.17, 15) is 4.79 Å². The first-order valence-corrected chi connectivity index (χ1v) is 7.45. The maximum absolute atomic E-state index is 12.0. The molecule has 6 nitrogen and oxygen atoms in total. The van der Waals surface area contributed by atoms with E-state index in [1.165, 1.54) is 11.3 Å². The number of nitrogens with zero attached hydrogens (tertiary/aromatic N) is 3. The lowest BCUT2D eigenvalue weighted by Gasteiger charge is -2.01. The molecular formula is C15H13N5OS. The predicted octanol–water partition coefficient (Wildman–Crippen LogP) is 2.80. The standard InChI is InChI=1S/C15H13N5OS/c21-13(12-4-2-1-3-5-12)18-15-20-19-14(22-15)17-10-11-6-8-16-9-7-11/h1-9H,10H2,(H,17,19)(H,18,20,21). The van der Waals surface area contributed by atoms with Gasteiger partial charge in [0.1, 0.15) is 0 Å². The Morgan fingerprint density at radius 1 is 1.00 bits per heavy atom. The number of pyridine rings is 1. The van der Waals surface area contributed by atoms with E-state index in [1.54, 1.807) is 24.5 Å². The predicted molar refractivity (Wildman–Crippen MR) is 85.9 cm³/mol. The number of hydrogen-bond donors (Lipinski definition) is 2. The molecule has 0 aliphatic carbocycles. The van der Waals surface area contributed by atoms with Gasteiger partial charge in [-0.3, -0.25) is 15.1 Å². The molecule has 2 N–H and O–H groups in total. The van der Waals surface area contributed by atoms with Crippen molar-refractivity contribution in [3.05, 3.63) is 66.0 Å². The number of rotatable bonds is 5. The van der Waals surface area contributed by atoms with Gasteiger partial charge in [-0.05, 0) is 29.8 Å². The Balaban J connectivity index is 1.58. The zero-order valence-electron chi connectivity index (χ0n) is 11.6. The highest BCUT2D eigenvalue weighted by atomic mass is 32.1. The third-order valence-corrected chi connectivity index (χ3v) is 3.67. The number of hydrogen-bond acceptors (Lipinski definition) is 6. The van der Waals surface area contributed by atoms with E-state index in [4.69, 9.17) is 0 Å². The summed E-state index contributed by atoms with van der Waals surface area (Å²) in [5, 5.41) is 15.0. The molecule has 110 valence electrons. The Hall–Kier alpha value is -2.80. The molecule has 0 saturated heterocycles. The first-order valence-electron chi connectivity index (χ1n) is 6.64. The van der Waals surface area contributed by atoms with E-state index in [2.05, 4.69) is 25.8 Å². The van der Waals surface area contributed by atoms with Crippen LogP contribution in [0.15, 0.2) is 54.9 Å². The minimum Gasteiger partial charge on any atom is -0.356 e. The molecular weight excluding hydrogens is 298 g/mol. The summed E-state index contributed by atoms with van der Waals surface area (Å²) in [6.45, 7) is 0.629. The Morgan fingerprint density at radius 2 is 1.73 bits per heavy atom. The Bertz CT molecular complexity index is 745. The lowest BCUT2D eigenvalue weighted by Crippen LogP contribution is -2.11. The fourth-order valence-corrected chi connectivity index (χ4v) is 2.42. The Morgan fingerprint density at radius 3 is 2.50 bits per heavy atom. The zero-order chi connectivity index (χ0) is 15.2. The average molecular weight is 311 g/mol. The van der Waals surface area contributed by atoms with Crippen molar-refractivity contribution in [1.82, 2.24) is 15.2 Å². The second-order valence-corrected chi connectivity index (χ2v) is 5.42. The van der Waals surface area contributed by atoms with Crippen molar-refractivity contribution in [2.45, 2.75) is 6.54 Å². The Kier molecular flexibility index (Phi) is 4.35. The molecule has 0 aliphatic rings. The number of amides is 1. The molecule has 0 unspecified atom stereocenters. The second-order valence-electron chi connectivity index (χ2n) is 4.44. The quantitative estimate of drug-likeness (QED) is 0.757. The van der Waals surface area contributed by atoms with Crippen LogP contribution in [0.3, 0.4) is 0 Å². The van der Waals surface area contributed by atoms with Crippen LogP contribution in [0.5, 0.6) is 0 Å². The van der Waals surface area contributed by atoms with Crippen molar-refractivity contribution in [3.63, 3.8) is 0 Å². The van der Waals surface area contributed by atoms with Crippen LogP contribution in [0, 0.1) is 0 Å². The number of nitrogens with one attached hydrogen (secondary N) is 2. The number of benzene rings is 1. The van der Waals surface area contributed by atoms with Crippen molar-refractivity contribution in [1.29, 1.82) is 0 Å². The summed E-state index contributed by atoms with van der Waals surface area (Å²) >= 11 is 1.29. The van der Waals surface area contributed by atoms with Crippen molar-refractivity contribution in [2.75, 3.05) is 10.6 Å². The number of aromatic nitrogens is 3. The summed E-state index contributed by atoms with van der Waals surface area (Å²) in [6.07, 6.45) is 3.48. The summed E-state index contributed by atoms with van der Waals surface area (Å²) in [5.41, 5.74) is 1.68. The molecule has 2 aromatic heterocycles. The SMILES string of the molecule is O=C(Nc1nnc(NCc2ccncc2)s1)c1ccccc1. The molecule has 0 bridgehead atoms. The third-order valence-electron chi connectivity index (χ3n) is 2.87. The van der Waals surface area contributed by atoms with Crippen molar-refractivity contribution in [2.24, 2.45) is 0 Å². The van der Waals surface area contributed by atoms with Gasteiger partial charge >= 0.3 is 0 Å². The molecule has 22 heavy (non-hydrogen) atoms. The van der Waals surface area contributed by atoms with Gasteiger partial charge in [0.05, 0.1) is 0 Å². The molecule has 2 heterocycles. The van der Waals surface area contributed by atoms with Crippen molar-refractivity contribution in [3.8, 4) is 0 Å². The van der Waals surface area contributed by atoms with E-state index >= 15 is 0 Å². The topological polar surface area (TPSA) is 79.8 Å². The van der Waals surface area contributed by atoms with E-state index in [-0.39, 0.29) is 5.91 Å². The second kappa shape index (κ2) is 6.77. The van der Waals surface area contributed by atoms with Gasteiger partial charge in [0.2, 0.25) is 10.3 Å². The van der Waals surface area contributed by atoms with Crippen molar-refractivity contribution >= 4 is 27.5 Å². The maximum atomic E-state index is 12.0. The lowest BCUT2D eigenvalue weighted by molar-refractivity contribution is 0.102. The third kappa shape index (κ3) is 3.64. The van der Waals surface area contributed by atoms with Crippen LogP contribution < -0.4 is 10.6 Å². The highest BCUT2D eigenvalue weighted by Gasteiger charge is 2.09. The summed E-state index contributed by atoms with van der Waals surface area (Å²) in [7, 11) is 0. The summed E-state index contributed by atoms with van der Waals surface area (Å²) in [5.74, 6) is -0.197. The molecule has 7 heteroatoms. The van der Waals surface area contributed by atoms with E-state index in [0.717, 1.165) is 5.56 Å². The van der Waals surface area contributed by atoms with E-state index in [1.807, 2.05) is 30.3 Å². The van der Waals surface area contributed by atoms with Crippen LogP contribution in [0.2, 0.25) is 0 Å². The van der Waals surface area contributed by atoms with Gasteiger partial charge in [-0.25, -0.2) is 0 Å². The minimum atomic E-state index is -0.197. The number of carbonyl (C=O) groups excluding carboxylic acids is 1. The smallest absolute Gasteiger partial charge is 0.257 e. The highest BCUT2D eigenvalue weighted by molar-refractivity contribution is 7.19. The van der Waals surface area contributed by atoms with Gasteiger partial charge in [-0.15, -0.1) is 10.2 Å². The normalized spacial score (nSPS) is 10.2. The largest absolute Gasteiger partial charge is 0.356 e. The molecule has 3 aromatic rings. The zero-order valence-corrected chi connectivity index (χ0v) is 12.4. The monoisotopic (exact) mass is 311 g/mol. The fraction of sp³-hybridized carbons (Fsp3) is 0.0667.